The van der Waals surface area contributed by atoms with Crippen molar-refractivity contribution in [2.24, 2.45) is 5.73 Å². The van der Waals surface area contributed by atoms with Crippen LogP contribution in [-0.2, 0) is 6.54 Å². The normalized spacial score (nSPS) is 10.4. The van der Waals surface area contributed by atoms with E-state index in [1.165, 1.54) is 11.3 Å². The fourth-order valence-electron chi connectivity index (χ4n) is 1.91. The van der Waals surface area contributed by atoms with Crippen LogP contribution in [0.25, 0.3) is 0 Å². The molecule has 2 aromatic rings. The largest absolute Gasteiger partial charge is 0.375 e. The van der Waals surface area contributed by atoms with E-state index in [2.05, 4.69) is 4.98 Å². The van der Waals surface area contributed by atoms with Crippen molar-refractivity contribution in [2.45, 2.75) is 13.5 Å². The Morgan fingerprint density at radius 2 is 1.90 bits per heavy atom. The van der Waals surface area contributed by atoms with E-state index in [1.54, 1.807) is 43.1 Å². The number of amides is 2. The molecule has 0 aliphatic heterocycles. The van der Waals surface area contributed by atoms with Crippen molar-refractivity contribution in [3.05, 3.63) is 46.0 Å². The molecule has 1 heterocycles. The molecule has 4 N–H and O–H groups in total. The van der Waals surface area contributed by atoms with Gasteiger partial charge in [-0.25, -0.2) is 4.98 Å². The van der Waals surface area contributed by atoms with E-state index in [-0.39, 0.29) is 5.91 Å². The van der Waals surface area contributed by atoms with Crippen LogP contribution in [0.2, 0.25) is 0 Å². The number of carbonyl (C=O) groups excluding carboxylic acids is 2. The molecule has 21 heavy (non-hydrogen) atoms. The molecule has 0 fully saturated rings. The molecule has 0 radical (unpaired) electrons. The van der Waals surface area contributed by atoms with Crippen molar-refractivity contribution < 1.29 is 9.59 Å². The SMILES string of the molecule is Cc1nc(N)sc1C(=O)N(C)Cc1ccc(C(N)=O)cc1. The van der Waals surface area contributed by atoms with Gasteiger partial charge in [-0.3, -0.25) is 9.59 Å². The summed E-state index contributed by atoms with van der Waals surface area (Å²) in [5.41, 5.74) is 12.8. The number of nitrogen functional groups attached to an aromatic ring is 1. The minimum Gasteiger partial charge on any atom is -0.375 e. The quantitative estimate of drug-likeness (QED) is 0.891. The van der Waals surface area contributed by atoms with Gasteiger partial charge in [-0.15, -0.1) is 0 Å². The summed E-state index contributed by atoms with van der Waals surface area (Å²) in [5.74, 6) is -0.595. The Hall–Kier alpha value is -2.41. The van der Waals surface area contributed by atoms with Crippen LogP contribution in [-0.4, -0.2) is 28.7 Å². The second-order valence-corrected chi connectivity index (χ2v) is 5.72. The Balaban J connectivity index is 2.10. The summed E-state index contributed by atoms with van der Waals surface area (Å²) < 4.78 is 0. The summed E-state index contributed by atoms with van der Waals surface area (Å²) >= 11 is 1.18. The zero-order chi connectivity index (χ0) is 15.6. The lowest BCUT2D eigenvalue weighted by Crippen LogP contribution is -2.26. The van der Waals surface area contributed by atoms with E-state index in [9.17, 15) is 9.59 Å². The van der Waals surface area contributed by atoms with Gasteiger partial charge in [-0.1, -0.05) is 23.5 Å². The van der Waals surface area contributed by atoms with Crippen LogP contribution in [0.1, 0.15) is 31.3 Å². The Kier molecular flexibility index (Phi) is 4.23. The van der Waals surface area contributed by atoms with E-state index >= 15 is 0 Å². The molecule has 2 rings (SSSR count). The zero-order valence-electron chi connectivity index (χ0n) is 11.8. The fourth-order valence-corrected chi connectivity index (χ4v) is 2.74. The number of nitrogens with zero attached hydrogens (tertiary/aromatic N) is 2. The van der Waals surface area contributed by atoms with Gasteiger partial charge in [0, 0.05) is 19.2 Å². The molecule has 0 bridgehead atoms. The Morgan fingerprint density at radius 1 is 1.29 bits per heavy atom. The lowest BCUT2D eigenvalue weighted by atomic mass is 10.1. The average molecular weight is 304 g/mol. The standard InChI is InChI=1S/C14H16N4O2S/c1-8-11(21-14(16)17-8)13(20)18(2)7-9-3-5-10(6-4-9)12(15)19/h3-6H,7H2,1-2H3,(H2,15,19)(H2,16,17). The summed E-state index contributed by atoms with van der Waals surface area (Å²) in [6, 6.07) is 6.84. The third kappa shape index (κ3) is 3.38. The highest BCUT2D eigenvalue weighted by Gasteiger charge is 2.18. The highest BCUT2D eigenvalue weighted by Crippen LogP contribution is 2.21. The smallest absolute Gasteiger partial charge is 0.265 e. The van der Waals surface area contributed by atoms with E-state index in [0.717, 1.165) is 5.56 Å². The van der Waals surface area contributed by atoms with Crippen molar-refractivity contribution in [3.8, 4) is 0 Å². The fraction of sp³-hybridized carbons (Fsp3) is 0.214. The van der Waals surface area contributed by atoms with Crippen molar-refractivity contribution in [1.29, 1.82) is 0 Å². The van der Waals surface area contributed by atoms with Crippen LogP contribution in [0.5, 0.6) is 0 Å². The summed E-state index contributed by atoms with van der Waals surface area (Å²) in [4.78, 5) is 29.5. The van der Waals surface area contributed by atoms with Gasteiger partial charge in [0.05, 0.1) is 5.69 Å². The van der Waals surface area contributed by atoms with Gasteiger partial charge < -0.3 is 16.4 Å². The third-order valence-electron chi connectivity index (χ3n) is 3.01. The Morgan fingerprint density at radius 3 is 2.38 bits per heavy atom. The molecular formula is C14H16N4O2S. The molecule has 0 spiro atoms. The van der Waals surface area contributed by atoms with Crippen LogP contribution in [0.15, 0.2) is 24.3 Å². The molecule has 2 amide bonds. The Labute approximate surface area is 126 Å². The number of hydrogen-bond acceptors (Lipinski definition) is 5. The number of aryl methyl sites for hydroxylation is 1. The number of hydrogen-bond donors (Lipinski definition) is 2. The number of anilines is 1. The van der Waals surface area contributed by atoms with Crippen LogP contribution in [0.3, 0.4) is 0 Å². The molecule has 0 aliphatic rings. The molecule has 6 nitrogen and oxygen atoms in total. The van der Waals surface area contributed by atoms with Gasteiger partial charge in [0.2, 0.25) is 5.91 Å². The summed E-state index contributed by atoms with van der Waals surface area (Å²) in [6.07, 6.45) is 0. The number of aromatic nitrogens is 1. The van der Waals surface area contributed by atoms with Gasteiger partial charge >= 0.3 is 0 Å². The first-order valence-electron chi connectivity index (χ1n) is 6.25. The third-order valence-corrected chi connectivity index (χ3v) is 3.99. The van der Waals surface area contributed by atoms with Gasteiger partial charge in [-0.2, -0.15) is 0 Å². The second kappa shape index (κ2) is 5.92. The molecule has 0 aliphatic carbocycles. The molecule has 0 saturated carbocycles. The van der Waals surface area contributed by atoms with Crippen molar-refractivity contribution in [2.75, 3.05) is 12.8 Å². The van der Waals surface area contributed by atoms with Crippen LogP contribution >= 0.6 is 11.3 Å². The molecular weight excluding hydrogens is 288 g/mol. The van der Waals surface area contributed by atoms with E-state index in [4.69, 9.17) is 11.5 Å². The molecule has 0 atom stereocenters. The maximum absolute atomic E-state index is 12.3. The lowest BCUT2D eigenvalue weighted by Gasteiger charge is -2.16. The minimum atomic E-state index is -0.471. The first-order valence-corrected chi connectivity index (χ1v) is 7.07. The first kappa shape index (κ1) is 15.0. The predicted molar refractivity (Wildman–Crippen MR) is 82.0 cm³/mol. The van der Waals surface area contributed by atoms with Crippen molar-refractivity contribution in [3.63, 3.8) is 0 Å². The highest BCUT2D eigenvalue weighted by atomic mass is 32.1. The number of rotatable bonds is 4. The average Bonchev–Trinajstić information content (AvgIpc) is 2.77. The monoisotopic (exact) mass is 304 g/mol. The summed E-state index contributed by atoms with van der Waals surface area (Å²) in [6.45, 7) is 2.19. The molecule has 1 aromatic heterocycles. The number of nitrogens with two attached hydrogens (primary N) is 2. The van der Waals surface area contributed by atoms with Crippen molar-refractivity contribution in [1.82, 2.24) is 9.88 Å². The maximum atomic E-state index is 12.3. The summed E-state index contributed by atoms with van der Waals surface area (Å²) in [7, 11) is 1.71. The molecule has 0 saturated heterocycles. The number of benzene rings is 1. The molecule has 7 heteroatoms. The second-order valence-electron chi connectivity index (χ2n) is 4.69. The van der Waals surface area contributed by atoms with E-state index in [0.29, 0.717) is 27.8 Å². The van der Waals surface area contributed by atoms with E-state index < -0.39 is 5.91 Å². The van der Waals surface area contributed by atoms with Gasteiger partial charge in [0.25, 0.3) is 5.91 Å². The number of thiazole rings is 1. The summed E-state index contributed by atoms with van der Waals surface area (Å²) in [5, 5.41) is 0.384. The van der Waals surface area contributed by atoms with Gasteiger partial charge in [0.1, 0.15) is 4.88 Å². The lowest BCUT2D eigenvalue weighted by molar-refractivity contribution is 0.0788. The maximum Gasteiger partial charge on any atom is 0.265 e. The van der Waals surface area contributed by atoms with Crippen LogP contribution in [0, 0.1) is 6.92 Å². The zero-order valence-corrected chi connectivity index (χ0v) is 12.6. The predicted octanol–water partition coefficient (Wildman–Crippen LogP) is 1.40. The number of carbonyl (C=O) groups is 2. The van der Waals surface area contributed by atoms with Crippen LogP contribution in [0.4, 0.5) is 5.13 Å². The number of primary amides is 1. The minimum absolute atomic E-state index is 0.124. The first-order chi connectivity index (χ1) is 9.88. The Bertz CT molecular complexity index is 679. The van der Waals surface area contributed by atoms with Gasteiger partial charge in [-0.05, 0) is 24.6 Å². The molecule has 0 unspecified atom stereocenters. The van der Waals surface area contributed by atoms with E-state index in [1.807, 2.05) is 0 Å². The van der Waals surface area contributed by atoms with Crippen LogP contribution < -0.4 is 11.5 Å². The van der Waals surface area contributed by atoms with Crippen molar-refractivity contribution >= 4 is 28.3 Å². The van der Waals surface area contributed by atoms with Gasteiger partial charge in [0.15, 0.2) is 5.13 Å². The topological polar surface area (TPSA) is 102 Å². The molecule has 1 aromatic carbocycles. The highest BCUT2D eigenvalue weighted by molar-refractivity contribution is 7.17. The molecule has 110 valence electrons.